The molecule has 1 aromatic heterocycles. The fourth-order valence-electron chi connectivity index (χ4n) is 2.85. The fourth-order valence-corrected chi connectivity index (χ4v) is 2.85. The van der Waals surface area contributed by atoms with Crippen molar-refractivity contribution in [2.24, 2.45) is 5.92 Å². The molecule has 0 bridgehead atoms. The number of rotatable bonds is 6. The number of aryl methyl sites for hydroxylation is 1. The molecule has 1 aromatic rings. The standard InChI is InChI=1S/C16H27N3/c1-12(2)16-18-13(3)11-15(19-16)17-10-6-9-14-7-4-5-8-14/h11-12,14H,4-10H2,1-3H3,(H,17,18,19). The highest BCUT2D eigenvalue weighted by molar-refractivity contribution is 5.36. The molecule has 0 atom stereocenters. The van der Waals surface area contributed by atoms with Crippen molar-refractivity contribution in [2.75, 3.05) is 11.9 Å². The van der Waals surface area contributed by atoms with Crippen molar-refractivity contribution in [1.82, 2.24) is 9.97 Å². The largest absolute Gasteiger partial charge is 0.370 e. The summed E-state index contributed by atoms with van der Waals surface area (Å²) < 4.78 is 0. The van der Waals surface area contributed by atoms with E-state index in [-0.39, 0.29) is 0 Å². The number of nitrogens with one attached hydrogen (secondary N) is 1. The number of nitrogens with zero attached hydrogens (tertiary/aromatic N) is 2. The van der Waals surface area contributed by atoms with Crippen molar-refractivity contribution in [2.45, 2.75) is 65.2 Å². The van der Waals surface area contributed by atoms with E-state index in [1.165, 1.54) is 38.5 Å². The number of hydrogen-bond donors (Lipinski definition) is 1. The van der Waals surface area contributed by atoms with Crippen LogP contribution in [0.5, 0.6) is 0 Å². The molecule has 0 unspecified atom stereocenters. The molecule has 0 spiro atoms. The third kappa shape index (κ3) is 4.48. The van der Waals surface area contributed by atoms with Gasteiger partial charge in [-0.1, -0.05) is 39.5 Å². The van der Waals surface area contributed by atoms with Gasteiger partial charge in [0.05, 0.1) is 0 Å². The van der Waals surface area contributed by atoms with Gasteiger partial charge in [-0.2, -0.15) is 0 Å². The van der Waals surface area contributed by atoms with Crippen LogP contribution < -0.4 is 5.32 Å². The van der Waals surface area contributed by atoms with Gasteiger partial charge in [-0.3, -0.25) is 0 Å². The Hall–Kier alpha value is -1.12. The molecule has 1 fully saturated rings. The van der Waals surface area contributed by atoms with Crippen molar-refractivity contribution in [1.29, 1.82) is 0 Å². The Labute approximate surface area is 117 Å². The Morgan fingerprint density at radius 2 is 2.00 bits per heavy atom. The normalized spacial score (nSPS) is 16.2. The summed E-state index contributed by atoms with van der Waals surface area (Å²) in [6.07, 6.45) is 8.41. The topological polar surface area (TPSA) is 37.8 Å². The number of aromatic nitrogens is 2. The maximum atomic E-state index is 4.58. The van der Waals surface area contributed by atoms with Crippen LogP contribution in [-0.4, -0.2) is 16.5 Å². The van der Waals surface area contributed by atoms with Gasteiger partial charge in [-0.25, -0.2) is 9.97 Å². The monoisotopic (exact) mass is 261 g/mol. The van der Waals surface area contributed by atoms with Crippen LogP contribution in [0, 0.1) is 12.8 Å². The summed E-state index contributed by atoms with van der Waals surface area (Å²) in [5.74, 6) is 3.31. The highest BCUT2D eigenvalue weighted by Crippen LogP contribution is 2.28. The summed E-state index contributed by atoms with van der Waals surface area (Å²) in [6, 6.07) is 2.04. The van der Waals surface area contributed by atoms with Crippen molar-refractivity contribution >= 4 is 5.82 Å². The second kappa shape index (κ2) is 6.88. The fraction of sp³-hybridized carbons (Fsp3) is 0.750. The highest BCUT2D eigenvalue weighted by atomic mass is 15.0. The predicted octanol–water partition coefficient (Wildman–Crippen LogP) is 4.29. The average molecular weight is 261 g/mol. The second-order valence-electron chi connectivity index (χ2n) is 6.13. The van der Waals surface area contributed by atoms with E-state index in [2.05, 4.69) is 29.1 Å². The van der Waals surface area contributed by atoms with Gasteiger partial charge in [-0.15, -0.1) is 0 Å². The Morgan fingerprint density at radius 1 is 1.26 bits per heavy atom. The van der Waals surface area contributed by atoms with Crippen LogP contribution >= 0.6 is 0 Å². The molecule has 0 aliphatic heterocycles. The summed E-state index contributed by atoms with van der Waals surface area (Å²) in [7, 11) is 0. The molecule has 0 amide bonds. The smallest absolute Gasteiger partial charge is 0.133 e. The minimum atomic E-state index is 0.388. The lowest BCUT2D eigenvalue weighted by atomic mass is 10.0. The van der Waals surface area contributed by atoms with Gasteiger partial charge in [0.15, 0.2) is 0 Å². The molecule has 19 heavy (non-hydrogen) atoms. The summed E-state index contributed by atoms with van der Waals surface area (Å²) in [6.45, 7) is 7.35. The second-order valence-corrected chi connectivity index (χ2v) is 6.13. The molecular formula is C16H27N3. The van der Waals surface area contributed by atoms with E-state index < -0.39 is 0 Å². The van der Waals surface area contributed by atoms with Gasteiger partial charge in [0.1, 0.15) is 11.6 Å². The molecule has 1 saturated carbocycles. The molecule has 1 aliphatic rings. The van der Waals surface area contributed by atoms with Gasteiger partial charge < -0.3 is 5.32 Å². The van der Waals surface area contributed by atoms with E-state index in [9.17, 15) is 0 Å². The lowest BCUT2D eigenvalue weighted by molar-refractivity contribution is 0.491. The van der Waals surface area contributed by atoms with Crippen LogP contribution in [0.3, 0.4) is 0 Å². The molecule has 1 aliphatic carbocycles. The first-order chi connectivity index (χ1) is 9.15. The van der Waals surface area contributed by atoms with E-state index in [4.69, 9.17) is 0 Å². The summed E-state index contributed by atoms with van der Waals surface area (Å²) in [5.41, 5.74) is 1.05. The Bertz CT molecular complexity index is 395. The third-order valence-corrected chi connectivity index (χ3v) is 3.96. The third-order valence-electron chi connectivity index (χ3n) is 3.96. The first-order valence-corrected chi connectivity index (χ1v) is 7.74. The molecule has 1 heterocycles. The minimum Gasteiger partial charge on any atom is -0.370 e. The summed E-state index contributed by atoms with van der Waals surface area (Å²) in [4.78, 5) is 9.05. The van der Waals surface area contributed by atoms with Crippen LogP contribution in [0.4, 0.5) is 5.82 Å². The number of hydrogen-bond acceptors (Lipinski definition) is 3. The Balaban J connectivity index is 1.78. The van der Waals surface area contributed by atoms with Gasteiger partial charge in [0.25, 0.3) is 0 Å². The SMILES string of the molecule is Cc1cc(NCCCC2CCCC2)nc(C(C)C)n1. The molecule has 106 valence electrons. The molecule has 3 heteroatoms. The molecule has 3 nitrogen and oxygen atoms in total. The average Bonchev–Trinajstić information content (AvgIpc) is 2.87. The summed E-state index contributed by atoms with van der Waals surface area (Å²) >= 11 is 0. The molecule has 0 saturated heterocycles. The van der Waals surface area contributed by atoms with Crippen molar-refractivity contribution in [3.63, 3.8) is 0 Å². The maximum Gasteiger partial charge on any atom is 0.133 e. The zero-order chi connectivity index (χ0) is 13.7. The van der Waals surface area contributed by atoms with E-state index >= 15 is 0 Å². The van der Waals surface area contributed by atoms with Gasteiger partial charge in [0, 0.05) is 24.2 Å². The van der Waals surface area contributed by atoms with Gasteiger partial charge >= 0.3 is 0 Å². The van der Waals surface area contributed by atoms with Crippen LogP contribution in [-0.2, 0) is 0 Å². The van der Waals surface area contributed by atoms with E-state index in [0.29, 0.717) is 5.92 Å². The van der Waals surface area contributed by atoms with Crippen LogP contribution in [0.2, 0.25) is 0 Å². The van der Waals surface area contributed by atoms with Crippen molar-refractivity contribution in [3.05, 3.63) is 17.6 Å². The predicted molar refractivity (Wildman–Crippen MR) is 80.5 cm³/mol. The molecule has 0 aromatic carbocycles. The lowest BCUT2D eigenvalue weighted by Gasteiger charge is -2.12. The van der Waals surface area contributed by atoms with E-state index in [1.54, 1.807) is 0 Å². The highest BCUT2D eigenvalue weighted by Gasteiger charge is 2.14. The quantitative estimate of drug-likeness (QED) is 0.776. The molecule has 2 rings (SSSR count). The first kappa shape index (κ1) is 14.3. The first-order valence-electron chi connectivity index (χ1n) is 7.74. The van der Waals surface area contributed by atoms with Gasteiger partial charge in [0.2, 0.25) is 0 Å². The van der Waals surface area contributed by atoms with Crippen LogP contribution in [0.15, 0.2) is 6.07 Å². The summed E-state index contributed by atoms with van der Waals surface area (Å²) in [5, 5.41) is 3.45. The lowest BCUT2D eigenvalue weighted by Crippen LogP contribution is -2.08. The Kier molecular flexibility index (Phi) is 5.17. The van der Waals surface area contributed by atoms with Gasteiger partial charge in [-0.05, 0) is 25.7 Å². The van der Waals surface area contributed by atoms with Crippen LogP contribution in [0.25, 0.3) is 0 Å². The van der Waals surface area contributed by atoms with Crippen LogP contribution in [0.1, 0.15) is 69.8 Å². The maximum absolute atomic E-state index is 4.58. The zero-order valence-electron chi connectivity index (χ0n) is 12.6. The minimum absolute atomic E-state index is 0.388. The Morgan fingerprint density at radius 3 is 2.68 bits per heavy atom. The van der Waals surface area contributed by atoms with Crippen molar-refractivity contribution in [3.8, 4) is 0 Å². The molecule has 1 N–H and O–H groups in total. The van der Waals surface area contributed by atoms with E-state index in [1.807, 2.05) is 13.0 Å². The van der Waals surface area contributed by atoms with Crippen molar-refractivity contribution < 1.29 is 0 Å². The van der Waals surface area contributed by atoms with E-state index in [0.717, 1.165) is 29.8 Å². The molecular weight excluding hydrogens is 234 g/mol. The molecule has 0 radical (unpaired) electrons. The zero-order valence-corrected chi connectivity index (χ0v) is 12.6. The number of anilines is 1.